The van der Waals surface area contributed by atoms with Crippen molar-refractivity contribution >= 4 is 11.8 Å². The van der Waals surface area contributed by atoms with Crippen LogP contribution >= 0.6 is 11.8 Å². The lowest BCUT2D eigenvalue weighted by atomic mass is 10.1. The number of hydrogen-bond acceptors (Lipinski definition) is 5. The second-order valence-corrected chi connectivity index (χ2v) is 8.38. The van der Waals surface area contributed by atoms with Crippen LogP contribution in [0.1, 0.15) is 17.9 Å². The van der Waals surface area contributed by atoms with E-state index in [0.717, 1.165) is 37.4 Å². The second kappa shape index (κ2) is 8.59. The highest BCUT2D eigenvalue weighted by molar-refractivity contribution is 8.00. The molecule has 1 aliphatic heterocycles. The molecule has 0 radical (unpaired) electrons. The summed E-state index contributed by atoms with van der Waals surface area (Å²) in [4.78, 5) is 6.99. The predicted molar refractivity (Wildman–Crippen MR) is 106 cm³/mol. The zero-order valence-corrected chi connectivity index (χ0v) is 16.4. The Morgan fingerprint density at radius 3 is 2.52 bits per heavy atom. The Balaban J connectivity index is 1.30. The maximum Gasteiger partial charge on any atom is 0.471 e. The fourth-order valence-corrected chi connectivity index (χ4v) is 4.55. The van der Waals surface area contributed by atoms with E-state index >= 15 is 0 Å². The van der Waals surface area contributed by atoms with Crippen molar-refractivity contribution in [3.63, 3.8) is 0 Å². The van der Waals surface area contributed by atoms with Gasteiger partial charge in [-0.2, -0.15) is 18.2 Å². The van der Waals surface area contributed by atoms with Gasteiger partial charge in [0.15, 0.2) is 0 Å². The molecule has 1 aliphatic rings. The van der Waals surface area contributed by atoms with E-state index in [1.165, 1.54) is 5.56 Å². The van der Waals surface area contributed by atoms with Crippen LogP contribution in [0.5, 0.6) is 0 Å². The molecule has 29 heavy (non-hydrogen) atoms. The number of nitrogens with zero attached hydrogens (tertiary/aromatic N) is 3. The molecular formula is C21H20F3N3OS. The van der Waals surface area contributed by atoms with Crippen molar-refractivity contribution in [1.82, 2.24) is 15.0 Å². The third-order valence-corrected chi connectivity index (χ3v) is 6.13. The van der Waals surface area contributed by atoms with Crippen molar-refractivity contribution in [2.75, 3.05) is 19.6 Å². The van der Waals surface area contributed by atoms with Gasteiger partial charge in [0.2, 0.25) is 5.82 Å². The Morgan fingerprint density at radius 2 is 1.83 bits per heavy atom. The molecule has 0 amide bonds. The Hall–Kier alpha value is -2.32. The monoisotopic (exact) mass is 419 g/mol. The average molecular weight is 419 g/mol. The minimum absolute atomic E-state index is 0.0539. The van der Waals surface area contributed by atoms with Crippen LogP contribution in [-0.4, -0.2) is 39.9 Å². The van der Waals surface area contributed by atoms with E-state index in [1.54, 1.807) is 23.9 Å². The summed E-state index contributed by atoms with van der Waals surface area (Å²) in [5, 5.41) is 3.93. The van der Waals surface area contributed by atoms with E-state index < -0.39 is 12.1 Å². The van der Waals surface area contributed by atoms with E-state index in [2.05, 4.69) is 43.8 Å². The number of benzene rings is 2. The number of hydrogen-bond donors (Lipinski definition) is 0. The van der Waals surface area contributed by atoms with Gasteiger partial charge in [0, 0.05) is 28.8 Å². The van der Waals surface area contributed by atoms with Crippen molar-refractivity contribution in [3.05, 3.63) is 66.1 Å². The molecule has 0 saturated carbocycles. The molecule has 1 aromatic heterocycles. The Morgan fingerprint density at radius 1 is 1.07 bits per heavy atom. The minimum atomic E-state index is -4.63. The summed E-state index contributed by atoms with van der Waals surface area (Å²) in [5.74, 6) is -1.38. The lowest BCUT2D eigenvalue weighted by Gasteiger charge is -2.16. The van der Waals surface area contributed by atoms with Gasteiger partial charge >= 0.3 is 12.1 Å². The number of rotatable bonds is 6. The Kier molecular flexibility index (Phi) is 5.91. The molecule has 152 valence electrons. The van der Waals surface area contributed by atoms with Gasteiger partial charge in [0.25, 0.3) is 0 Å². The van der Waals surface area contributed by atoms with Crippen molar-refractivity contribution in [1.29, 1.82) is 0 Å². The maximum absolute atomic E-state index is 12.6. The molecule has 8 heteroatoms. The summed E-state index contributed by atoms with van der Waals surface area (Å²) in [6.45, 7) is 3.18. The van der Waals surface area contributed by atoms with Gasteiger partial charge in [0.1, 0.15) is 0 Å². The van der Waals surface area contributed by atoms with E-state index in [4.69, 9.17) is 0 Å². The van der Waals surface area contributed by atoms with Gasteiger partial charge in [-0.15, -0.1) is 11.8 Å². The number of halogens is 3. The highest BCUT2D eigenvalue weighted by atomic mass is 32.2. The van der Waals surface area contributed by atoms with Crippen LogP contribution in [0.2, 0.25) is 0 Å². The highest BCUT2D eigenvalue weighted by Gasteiger charge is 2.38. The maximum atomic E-state index is 12.6. The molecule has 1 atom stereocenters. The molecule has 4 rings (SSSR count). The van der Waals surface area contributed by atoms with Crippen LogP contribution in [0.4, 0.5) is 13.2 Å². The summed E-state index contributed by atoms with van der Waals surface area (Å²) in [6.07, 6.45) is -2.45. The molecule has 0 N–H and O–H groups in total. The van der Waals surface area contributed by atoms with Gasteiger partial charge in [-0.1, -0.05) is 35.5 Å². The molecule has 1 fully saturated rings. The first-order chi connectivity index (χ1) is 14.0. The van der Waals surface area contributed by atoms with Gasteiger partial charge in [-0.3, -0.25) is 0 Å². The van der Waals surface area contributed by atoms with Crippen molar-refractivity contribution in [3.8, 4) is 11.4 Å². The van der Waals surface area contributed by atoms with E-state index in [1.807, 2.05) is 18.2 Å². The quantitative estimate of drug-likeness (QED) is 0.552. The van der Waals surface area contributed by atoms with Crippen LogP contribution in [0.3, 0.4) is 0 Å². The number of alkyl halides is 3. The van der Waals surface area contributed by atoms with Crippen LogP contribution in [-0.2, 0) is 12.6 Å². The molecule has 2 heterocycles. The Labute approximate surface area is 171 Å². The van der Waals surface area contributed by atoms with E-state index in [-0.39, 0.29) is 5.82 Å². The normalized spacial score (nSPS) is 17.7. The number of thioether (sulfide) groups is 1. The molecule has 2 aromatic carbocycles. The third-order valence-electron chi connectivity index (χ3n) is 4.87. The molecule has 4 nitrogen and oxygen atoms in total. The first kappa shape index (κ1) is 20.0. The number of aromatic nitrogens is 2. The topological polar surface area (TPSA) is 42.2 Å². The van der Waals surface area contributed by atoms with Crippen LogP contribution < -0.4 is 0 Å². The average Bonchev–Trinajstić information content (AvgIpc) is 3.37. The summed E-state index contributed by atoms with van der Waals surface area (Å²) in [5.41, 5.74) is 1.86. The van der Waals surface area contributed by atoms with Crippen LogP contribution in [0.25, 0.3) is 11.4 Å². The lowest BCUT2D eigenvalue weighted by Crippen LogP contribution is -2.23. The van der Waals surface area contributed by atoms with Gasteiger partial charge in [-0.25, -0.2) is 0 Å². The highest BCUT2D eigenvalue weighted by Crippen LogP contribution is 2.32. The van der Waals surface area contributed by atoms with Crippen molar-refractivity contribution < 1.29 is 17.7 Å². The number of likely N-dealkylation sites (tertiary alicyclic amines) is 1. The molecule has 0 aliphatic carbocycles. The van der Waals surface area contributed by atoms with Gasteiger partial charge < -0.3 is 9.42 Å². The molecule has 0 unspecified atom stereocenters. The van der Waals surface area contributed by atoms with Gasteiger partial charge in [-0.05, 0) is 49.2 Å². The summed E-state index contributed by atoms with van der Waals surface area (Å²) in [7, 11) is 0. The smallest absolute Gasteiger partial charge is 0.329 e. The standard InChI is InChI=1S/C21H20F3N3OS/c22-21(23,24)20-25-19(26-28-20)16-6-8-17(9-7-16)29-18-11-13-27(14-18)12-10-15-4-2-1-3-5-15/h1-9,18H,10-14H2/t18-/m0/s1. The predicted octanol–water partition coefficient (Wildman–Crippen LogP) is 5.16. The molecule has 1 saturated heterocycles. The Bertz CT molecular complexity index is 928. The van der Waals surface area contributed by atoms with Crippen LogP contribution in [0, 0.1) is 0 Å². The molecule has 0 spiro atoms. The van der Waals surface area contributed by atoms with Crippen molar-refractivity contribution in [2.45, 2.75) is 29.2 Å². The molecular weight excluding hydrogens is 399 g/mol. The fraction of sp³-hybridized carbons (Fsp3) is 0.333. The van der Waals surface area contributed by atoms with E-state index in [0.29, 0.717) is 10.8 Å². The molecule has 3 aromatic rings. The summed E-state index contributed by atoms with van der Waals surface area (Å²) < 4.78 is 42.1. The second-order valence-electron chi connectivity index (χ2n) is 7.01. The van der Waals surface area contributed by atoms with Crippen LogP contribution in [0.15, 0.2) is 64.0 Å². The molecule has 0 bridgehead atoms. The van der Waals surface area contributed by atoms with E-state index in [9.17, 15) is 13.2 Å². The van der Waals surface area contributed by atoms with Gasteiger partial charge in [0.05, 0.1) is 0 Å². The zero-order valence-electron chi connectivity index (χ0n) is 15.6. The van der Waals surface area contributed by atoms with Crippen molar-refractivity contribution in [2.24, 2.45) is 0 Å². The summed E-state index contributed by atoms with van der Waals surface area (Å²) >= 11 is 1.80. The summed E-state index contributed by atoms with van der Waals surface area (Å²) in [6, 6.07) is 17.7. The zero-order chi connectivity index (χ0) is 20.3. The largest absolute Gasteiger partial charge is 0.471 e. The third kappa shape index (κ3) is 5.19. The fourth-order valence-electron chi connectivity index (χ4n) is 3.36. The lowest BCUT2D eigenvalue weighted by molar-refractivity contribution is -0.159. The minimum Gasteiger partial charge on any atom is -0.329 e. The SMILES string of the molecule is FC(F)(F)c1nc(-c2ccc(S[C@H]3CCN(CCc4ccccc4)C3)cc2)no1. The first-order valence-electron chi connectivity index (χ1n) is 9.42. The first-order valence-corrected chi connectivity index (χ1v) is 10.3.